The van der Waals surface area contributed by atoms with Crippen LogP contribution < -0.4 is 0 Å². The first-order chi connectivity index (χ1) is 9.97. The fourth-order valence-corrected chi connectivity index (χ4v) is 2.55. The fourth-order valence-electron chi connectivity index (χ4n) is 1.39. The molecule has 1 aromatic rings. The Morgan fingerprint density at radius 3 is 2.10 bits per heavy atom. The lowest BCUT2D eigenvalue weighted by atomic mass is 10.2. The summed E-state index contributed by atoms with van der Waals surface area (Å²) < 4.78 is 14.8. The Kier molecular flexibility index (Phi) is 7.40. The standard InChI is InChI=1S/C14H17O6P/c1-11(15)19-21(20-12(2)16)9-8-14(17)18-10-13-6-4-3-5-7-13/h3-7H,8-10H2,1-2H3. The molecular formula is C14H17O6P. The molecule has 0 aliphatic rings. The molecule has 0 atom stereocenters. The Labute approximate surface area is 124 Å². The van der Waals surface area contributed by atoms with E-state index in [0.29, 0.717) is 0 Å². The summed E-state index contributed by atoms with van der Waals surface area (Å²) in [5.74, 6) is -1.55. The van der Waals surface area contributed by atoms with Crippen molar-refractivity contribution in [3.8, 4) is 0 Å². The van der Waals surface area contributed by atoms with Crippen molar-refractivity contribution in [1.29, 1.82) is 0 Å². The second-order valence-electron chi connectivity index (χ2n) is 4.12. The summed E-state index contributed by atoms with van der Waals surface area (Å²) in [4.78, 5) is 33.4. The van der Waals surface area contributed by atoms with Gasteiger partial charge >= 0.3 is 17.9 Å². The molecule has 1 rings (SSSR count). The van der Waals surface area contributed by atoms with Crippen LogP contribution >= 0.6 is 8.38 Å². The molecular weight excluding hydrogens is 295 g/mol. The van der Waals surface area contributed by atoms with Gasteiger partial charge in [0.15, 0.2) is 0 Å². The first kappa shape index (κ1) is 17.1. The highest BCUT2D eigenvalue weighted by atomic mass is 31.2. The van der Waals surface area contributed by atoms with E-state index in [1.165, 1.54) is 13.8 Å². The molecule has 0 amide bonds. The third kappa shape index (κ3) is 8.05. The molecule has 0 saturated carbocycles. The summed E-state index contributed by atoms with van der Waals surface area (Å²) in [5.41, 5.74) is 0.882. The Bertz CT molecular complexity index is 471. The van der Waals surface area contributed by atoms with Gasteiger partial charge in [-0.15, -0.1) is 0 Å². The SMILES string of the molecule is CC(=O)OP(CCC(=O)OCc1ccccc1)OC(C)=O. The van der Waals surface area contributed by atoms with E-state index in [0.717, 1.165) is 5.56 Å². The van der Waals surface area contributed by atoms with E-state index >= 15 is 0 Å². The van der Waals surface area contributed by atoms with Crippen LogP contribution in [0.1, 0.15) is 25.8 Å². The van der Waals surface area contributed by atoms with Crippen LogP contribution in [0.4, 0.5) is 0 Å². The smallest absolute Gasteiger partial charge is 0.307 e. The second-order valence-corrected chi connectivity index (χ2v) is 5.60. The average molecular weight is 312 g/mol. The molecule has 6 nitrogen and oxygen atoms in total. The van der Waals surface area contributed by atoms with Gasteiger partial charge in [-0.25, -0.2) is 0 Å². The summed E-state index contributed by atoms with van der Waals surface area (Å²) in [6, 6.07) is 9.26. The molecule has 0 saturated heterocycles. The minimum absolute atomic E-state index is 0.0130. The highest BCUT2D eigenvalue weighted by molar-refractivity contribution is 7.48. The molecule has 114 valence electrons. The van der Waals surface area contributed by atoms with E-state index < -0.39 is 26.3 Å². The van der Waals surface area contributed by atoms with Crippen molar-refractivity contribution >= 4 is 26.3 Å². The number of carbonyl (C=O) groups is 3. The van der Waals surface area contributed by atoms with Gasteiger partial charge in [-0.2, -0.15) is 0 Å². The summed E-state index contributed by atoms with van der Waals surface area (Å²) in [6.07, 6.45) is 0.140. The van der Waals surface area contributed by atoms with Gasteiger partial charge < -0.3 is 13.8 Å². The quantitative estimate of drug-likeness (QED) is 0.569. The van der Waals surface area contributed by atoms with Crippen LogP contribution in [-0.4, -0.2) is 24.1 Å². The first-order valence-corrected chi connectivity index (χ1v) is 7.68. The van der Waals surface area contributed by atoms with Gasteiger partial charge in [0, 0.05) is 13.8 Å². The molecule has 0 unspecified atom stereocenters. The van der Waals surface area contributed by atoms with Crippen LogP contribution in [0.3, 0.4) is 0 Å². The van der Waals surface area contributed by atoms with E-state index in [9.17, 15) is 14.4 Å². The van der Waals surface area contributed by atoms with Crippen molar-refractivity contribution in [2.24, 2.45) is 0 Å². The fraction of sp³-hybridized carbons (Fsp3) is 0.357. The van der Waals surface area contributed by atoms with Gasteiger partial charge in [-0.3, -0.25) is 14.4 Å². The number of ether oxygens (including phenoxy) is 1. The minimum Gasteiger partial charge on any atom is -0.461 e. The molecule has 0 fully saturated rings. The lowest BCUT2D eigenvalue weighted by molar-refractivity contribution is -0.145. The number of carbonyl (C=O) groups excluding carboxylic acids is 3. The summed E-state index contributed by atoms with van der Waals surface area (Å²) >= 11 is 0. The molecule has 1 aromatic carbocycles. The Hall–Kier alpha value is -1.94. The van der Waals surface area contributed by atoms with Crippen molar-refractivity contribution in [3.63, 3.8) is 0 Å². The van der Waals surface area contributed by atoms with Crippen molar-refractivity contribution in [2.75, 3.05) is 6.16 Å². The number of hydrogen-bond acceptors (Lipinski definition) is 6. The van der Waals surface area contributed by atoms with Gasteiger partial charge in [0.1, 0.15) is 6.61 Å². The van der Waals surface area contributed by atoms with Gasteiger partial charge in [0.05, 0.1) is 12.6 Å². The topological polar surface area (TPSA) is 78.9 Å². The average Bonchev–Trinajstić information content (AvgIpc) is 2.42. The molecule has 0 bridgehead atoms. The lowest BCUT2D eigenvalue weighted by Gasteiger charge is -2.14. The highest BCUT2D eigenvalue weighted by Crippen LogP contribution is 2.39. The van der Waals surface area contributed by atoms with Gasteiger partial charge in [0.2, 0.25) is 0 Å². The predicted molar refractivity (Wildman–Crippen MR) is 76.2 cm³/mol. The highest BCUT2D eigenvalue weighted by Gasteiger charge is 2.19. The van der Waals surface area contributed by atoms with Crippen molar-refractivity contribution in [1.82, 2.24) is 0 Å². The summed E-state index contributed by atoms with van der Waals surface area (Å²) in [7, 11) is -1.74. The zero-order chi connectivity index (χ0) is 15.7. The maximum Gasteiger partial charge on any atom is 0.307 e. The van der Waals surface area contributed by atoms with Gasteiger partial charge in [-0.05, 0) is 5.56 Å². The molecule has 0 radical (unpaired) electrons. The van der Waals surface area contributed by atoms with Crippen molar-refractivity contribution in [2.45, 2.75) is 26.9 Å². The van der Waals surface area contributed by atoms with Gasteiger partial charge in [0.25, 0.3) is 8.38 Å². The maximum atomic E-state index is 11.6. The van der Waals surface area contributed by atoms with E-state index in [-0.39, 0.29) is 19.2 Å². The molecule has 0 spiro atoms. The maximum absolute atomic E-state index is 11.6. The number of benzene rings is 1. The molecule has 0 N–H and O–H groups in total. The molecule has 21 heavy (non-hydrogen) atoms. The van der Waals surface area contributed by atoms with Crippen LogP contribution in [0.2, 0.25) is 0 Å². The zero-order valence-electron chi connectivity index (χ0n) is 11.9. The van der Waals surface area contributed by atoms with E-state index in [1.807, 2.05) is 30.3 Å². The summed E-state index contributed by atoms with van der Waals surface area (Å²) in [6.45, 7) is 2.61. The monoisotopic (exact) mass is 312 g/mol. The minimum atomic E-state index is -1.74. The normalized spacial score (nSPS) is 10.0. The van der Waals surface area contributed by atoms with Crippen molar-refractivity contribution < 1.29 is 28.2 Å². The Morgan fingerprint density at radius 2 is 1.57 bits per heavy atom. The molecule has 0 aliphatic carbocycles. The van der Waals surface area contributed by atoms with Crippen LogP contribution in [0.15, 0.2) is 30.3 Å². The van der Waals surface area contributed by atoms with E-state index in [2.05, 4.69) is 0 Å². The lowest BCUT2D eigenvalue weighted by Crippen LogP contribution is -2.09. The predicted octanol–water partition coefficient (Wildman–Crippen LogP) is 2.56. The zero-order valence-corrected chi connectivity index (χ0v) is 12.8. The van der Waals surface area contributed by atoms with Crippen LogP contribution in [0.5, 0.6) is 0 Å². The van der Waals surface area contributed by atoms with Crippen molar-refractivity contribution in [3.05, 3.63) is 35.9 Å². The van der Waals surface area contributed by atoms with Gasteiger partial charge in [-0.1, -0.05) is 30.3 Å². The summed E-state index contributed by atoms with van der Waals surface area (Å²) in [5, 5.41) is 0. The third-order valence-electron chi connectivity index (χ3n) is 2.20. The molecule has 0 aliphatic heterocycles. The number of esters is 1. The first-order valence-electron chi connectivity index (χ1n) is 6.31. The second kappa shape index (κ2) is 9.08. The third-order valence-corrected chi connectivity index (χ3v) is 3.71. The Morgan fingerprint density at radius 1 is 1.00 bits per heavy atom. The van der Waals surface area contributed by atoms with E-state index in [4.69, 9.17) is 13.8 Å². The van der Waals surface area contributed by atoms with E-state index in [1.54, 1.807) is 0 Å². The van der Waals surface area contributed by atoms with Crippen LogP contribution in [0, 0.1) is 0 Å². The molecule has 7 heteroatoms. The number of hydrogen-bond donors (Lipinski definition) is 0. The van der Waals surface area contributed by atoms with Crippen LogP contribution in [0.25, 0.3) is 0 Å². The molecule has 0 heterocycles. The van der Waals surface area contributed by atoms with Crippen LogP contribution in [-0.2, 0) is 34.8 Å². The Balaban J connectivity index is 2.35. The molecule has 0 aromatic heterocycles. The number of rotatable bonds is 7. The largest absolute Gasteiger partial charge is 0.461 e.